The lowest BCUT2D eigenvalue weighted by Gasteiger charge is -2.39. The molecule has 2 aliphatic carbocycles. The number of allylic oxidation sites excluding steroid dienone is 3. The number of hydrogen-bond acceptors (Lipinski definition) is 2. The molecule has 0 aromatic carbocycles. The van der Waals surface area contributed by atoms with E-state index in [4.69, 9.17) is 10.8 Å². The largest absolute Gasteiger partial charge is 0.480 e. The summed E-state index contributed by atoms with van der Waals surface area (Å²) in [6.07, 6.45) is 9.45. The number of nitrogens with two attached hydrogens (primary N) is 1. The van der Waals surface area contributed by atoms with Gasteiger partial charge in [-0.15, -0.1) is 0 Å². The molecule has 3 heteroatoms. The van der Waals surface area contributed by atoms with Gasteiger partial charge in [-0.25, -0.2) is 0 Å². The third kappa shape index (κ3) is 1.80. The lowest BCUT2D eigenvalue weighted by Crippen LogP contribution is -2.51. The molecule has 0 radical (unpaired) electrons. The molecule has 88 valence electrons. The molecule has 0 bridgehead atoms. The molecule has 16 heavy (non-hydrogen) atoms. The third-order valence-corrected chi connectivity index (χ3v) is 3.98. The van der Waals surface area contributed by atoms with Crippen molar-refractivity contribution in [1.29, 1.82) is 0 Å². The van der Waals surface area contributed by atoms with E-state index in [0.717, 1.165) is 12.8 Å². The van der Waals surface area contributed by atoms with Gasteiger partial charge < -0.3 is 10.8 Å². The van der Waals surface area contributed by atoms with Crippen molar-refractivity contribution in [3.05, 3.63) is 23.8 Å². The molecule has 1 fully saturated rings. The van der Waals surface area contributed by atoms with Gasteiger partial charge in [0.1, 0.15) is 5.54 Å². The van der Waals surface area contributed by atoms with Crippen LogP contribution in [0.2, 0.25) is 0 Å². The van der Waals surface area contributed by atoms with E-state index in [1.54, 1.807) is 0 Å². The van der Waals surface area contributed by atoms with Crippen molar-refractivity contribution < 1.29 is 9.90 Å². The Morgan fingerprint density at radius 3 is 3.06 bits per heavy atom. The van der Waals surface area contributed by atoms with Crippen molar-refractivity contribution in [1.82, 2.24) is 0 Å². The first-order valence-corrected chi connectivity index (χ1v) is 5.96. The molecule has 0 aromatic rings. The van der Waals surface area contributed by atoms with Crippen LogP contribution >= 0.6 is 0 Å². The predicted molar refractivity (Wildman–Crippen MR) is 62.9 cm³/mol. The number of rotatable bonds is 2. The van der Waals surface area contributed by atoms with Crippen molar-refractivity contribution in [2.24, 2.45) is 17.6 Å². The molecule has 0 aliphatic heterocycles. The Morgan fingerprint density at radius 2 is 2.44 bits per heavy atom. The highest BCUT2D eigenvalue weighted by atomic mass is 16.4. The number of carbonyl (C=O) groups is 1. The summed E-state index contributed by atoms with van der Waals surface area (Å²) in [6, 6.07) is 0. The monoisotopic (exact) mass is 221 g/mol. The number of fused-ring (bicyclic) bond motifs is 1. The van der Waals surface area contributed by atoms with Crippen molar-refractivity contribution in [3.8, 4) is 0 Å². The highest BCUT2D eigenvalue weighted by Crippen LogP contribution is 2.42. The topological polar surface area (TPSA) is 63.3 Å². The summed E-state index contributed by atoms with van der Waals surface area (Å²) in [5.41, 5.74) is 6.12. The van der Waals surface area contributed by atoms with Gasteiger partial charge in [0.2, 0.25) is 0 Å². The Hall–Kier alpha value is -1.09. The predicted octanol–water partition coefficient (Wildman–Crippen LogP) is 2.09. The fraction of sp³-hybridized carbons (Fsp3) is 0.615. The number of carboxylic acids is 1. The number of carboxylic acid groups (broad SMARTS) is 1. The summed E-state index contributed by atoms with van der Waals surface area (Å²) < 4.78 is 0. The third-order valence-electron chi connectivity index (χ3n) is 3.98. The second-order valence-corrected chi connectivity index (χ2v) is 4.98. The highest BCUT2D eigenvalue weighted by molar-refractivity contribution is 5.79. The molecule has 1 saturated carbocycles. The van der Waals surface area contributed by atoms with Crippen molar-refractivity contribution in [2.75, 3.05) is 0 Å². The number of hydrogen-bond donors (Lipinski definition) is 2. The molecule has 2 rings (SSSR count). The Balaban J connectivity index is 2.20. The van der Waals surface area contributed by atoms with Crippen LogP contribution in [-0.4, -0.2) is 16.6 Å². The van der Waals surface area contributed by atoms with Crippen LogP contribution in [0.3, 0.4) is 0 Å². The molecular weight excluding hydrogens is 202 g/mol. The van der Waals surface area contributed by atoms with Crippen molar-refractivity contribution >= 4 is 5.97 Å². The van der Waals surface area contributed by atoms with Gasteiger partial charge in [-0.2, -0.15) is 0 Å². The average molecular weight is 221 g/mol. The van der Waals surface area contributed by atoms with Crippen molar-refractivity contribution in [3.63, 3.8) is 0 Å². The molecule has 3 N–H and O–H groups in total. The lowest BCUT2D eigenvalue weighted by molar-refractivity contribution is -0.144. The molecule has 2 aliphatic rings. The lowest BCUT2D eigenvalue weighted by atomic mass is 9.67. The summed E-state index contributed by atoms with van der Waals surface area (Å²) >= 11 is 0. The van der Waals surface area contributed by atoms with Crippen LogP contribution in [0.5, 0.6) is 0 Å². The van der Waals surface area contributed by atoms with Gasteiger partial charge in [0, 0.05) is 0 Å². The Bertz CT molecular complexity index is 359. The van der Waals surface area contributed by atoms with Crippen LogP contribution in [0.1, 0.15) is 32.6 Å². The van der Waals surface area contributed by atoms with Gasteiger partial charge >= 0.3 is 5.97 Å². The van der Waals surface area contributed by atoms with E-state index >= 15 is 0 Å². The van der Waals surface area contributed by atoms with Crippen LogP contribution in [0.25, 0.3) is 0 Å². The van der Waals surface area contributed by atoms with E-state index in [0.29, 0.717) is 24.7 Å². The van der Waals surface area contributed by atoms with E-state index in [1.165, 1.54) is 5.57 Å². The minimum absolute atomic E-state index is 0.508. The fourth-order valence-electron chi connectivity index (χ4n) is 2.91. The quantitative estimate of drug-likeness (QED) is 0.750. The van der Waals surface area contributed by atoms with Gasteiger partial charge in [-0.05, 0) is 37.5 Å². The maximum Gasteiger partial charge on any atom is 0.324 e. The first-order valence-electron chi connectivity index (χ1n) is 5.96. The maximum atomic E-state index is 11.1. The summed E-state index contributed by atoms with van der Waals surface area (Å²) in [5, 5.41) is 9.14. The van der Waals surface area contributed by atoms with E-state index in [1.807, 2.05) is 6.08 Å². The molecule has 0 saturated heterocycles. The van der Waals surface area contributed by atoms with Crippen LogP contribution in [0, 0.1) is 11.8 Å². The van der Waals surface area contributed by atoms with Gasteiger partial charge in [0.05, 0.1) is 0 Å². The van der Waals surface area contributed by atoms with Gasteiger partial charge in [-0.1, -0.05) is 30.7 Å². The summed E-state index contributed by atoms with van der Waals surface area (Å²) in [7, 11) is 0. The molecule has 3 unspecified atom stereocenters. The molecule has 0 aromatic heterocycles. The zero-order valence-corrected chi connectivity index (χ0v) is 9.65. The van der Waals surface area contributed by atoms with Gasteiger partial charge in [0.25, 0.3) is 0 Å². The van der Waals surface area contributed by atoms with Crippen molar-refractivity contribution in [2.45, 2.75) is 38.1 Å². The molecule has 0 amide bonds. The summed E-state index contributed by atoms with van der Waals surface area (Å²) in [5.74, 6) is 0.221. The zero-order chi connectivity index (χ0) is 11.8. The SMILES string of the molecule is CCC1C=CC=C2CC(N)(C(=O)O)CCC21. The first-order chi connectivity index (χ1) is 7.57. The van der Waals surface area contributed by atoms with Crippen LogP contribution in [0.4, 0.5) is 0 Å². The van der Waals surface area contributed by atoms with E-state index in [2.05, 4.69) is 19.1 Å². The van der Waals surface area contributed by atoms with Crippen LogP contribution in [-0.2, 0) is 4.79 Å². The summed E-state index contributed by atoms with van der Waals surface area (Å²) in [4.78, 5) is 11.1. The van der Waals surface area contributed by atoms with E-state index in [9.17, 15) is 4.79 Å². The zero-order valence-electron chi connectivity index (χ0n) is 9.65. The fourth-order valence-corrected chi connectivity index (χ4v) is 2.91. The van der Waals surface area contributed by atoms with Gasteiger partial charge in [0.15, 0.2) is 0 Å². The Morgan fingerprint density at radius 1 is 1.69 bits per heavy atom. The Kier molecular flexibility index (Phi) is 2.89. The normalized spacial score (nSPS) is 37.8. The molecule has 0 heterocycles. The molecule has 0 spiro atoms. The summed E-state index contributed by atoms with van der Waals surface area (Å²) in [6.45, 7) is 2.18. The molecule has 3 atom stereocenters. The second-order valence-electron chi connectivity index (χ2n) is 4.98. The van der Waals surface area contributed by atoms with Crippen LogP contribution < -0.4 is 5.73 Å². The van der Waals surface area contributed by atoms with Gasteiger partial charge in [-0.3, -0.25) is 4.79 Å². The molecule has 3 nitrogen and oxygen atoms in total. The maximum absolute atomic E-state index is 11.1. The van der Waals surface area contributed by atoms with E-state index in [-0.39, 0.29) is 0 Å². The van der Waals surface area contributed by atoms with E-state index < -0.39 is 11.5 Å². The smallest absolute Gasteiger partial charge is 0.324 e. The second kappa shape index (κ2) is 4.06. The molecular formula is C13H19NO2. The van der Waals surface area contributed by atoms with Crippen LogP contribution in [0.15, 0.2) is 23.8 Å². The highest BCUT2D eigenvalue weighted by Gasteiger charge is 2.42. The standard InChI is InChI=1S/C13H19NO2/c1-2-9-4-3-5-10-8-13(14,12(15)16)7-6-11(9)10/h3-5,9,11H,2,6-8,14H2,1H3,(H,15,16). The Labute approximate surface area is 96.0 Å². The first kappa shape index (κ1) is 11.4. The minimum Gasteiger partial charge on any atom is -0.480 e. The minimum atomic E-state index is -1.04. The number of aliphatic carboxylic acids is 1. The average Bonchev–Trinajstić information content (AvgIpc) is 2.27.